The topological polar surface area (TPSA) is 71.8 Å². The van der Waals surface area contributed by atoms with Gasteiger partial charge in [-0.1, -0.05) is 13.8 Å². The third-order valence-corrected chi connectivity index (χ3v) is 5.49. The van der Waals surface area contributed by atoms with Gasteiger partial charge in [-0.2, -0.15) is 5.10 Å². The predicted octanol–water partition coefficient (Wildman–Crippen LogP) is 1.57. The molecule has 3 atom stereocenters. The minimum atomic E-state index is -0.126. The summed E-state index contributed by atoms with van der Waals surface area (Å²) in [6.45, 7) is 10.9. The number of aromatic nitrogens is 3. The van der Waals surface area contributed by atoms with E-state index in [1.54, 1.807) is 10.6 Å². The summed E-state index contributed by atoms with van der Waals surface area (Å²) in [4.78, 5) is 19.6. The zero-order valence-corrected chi connectivity index (χ0v) is 15.9. The van der Waals surface area contributed by atoms with E-state index >= 15 is 0 Å². The van der Waals surface area contributed by atoms with E-state index in [0.29, 0.717) is 23.3 Å². The fourth-order valence-corrected chi connectivity index (χ4v) is 4.06. The maximum atomic E-state index is 12.7. The van der Waals surface area contributed by atoms with Crippen LogP contribution in [-0.2, 0) is 4.74 Å². The maximum absolute atomic E-state index is 12.7. The number of nitrogens with zero attached hydrogens (tertiary/aromatic N) is 4. The average Bonchev–Trinajstić information content (AvgIpc) is 3.17. The van der Waals surface area contributed by atoms with Gasteiger partial charge in [0, 0.05) is 42.6 Å². The van der Waals surface area contributed by atoms with Crippen LogP contribution in [0.2, 0.25) is 0 Å². The second-order valence-electron chi connectivity index (χ2n) is 7.97. The number of aryl methyl sites for hydroxylation is 2. The molecule has 2 aromatic heterocycles. The van der Waals surface area contributed by atoms with Gasteiger partial charge in [-0.05, 0) is 32.3 Å². The van der Waals surface area contributed by atoms with Crippen molar-refractivity contribution >= 4 is 11.6 Å². The molecule has 1 N–H and O–H groups in total. The number of hydrogen-bond donors (Lipinski definition) is 1. The smallest absolute Gasteiger partial charge is 0.272 e. The zero-order valence-electron chi connectivity index (χ0n) is 15.9. The van der Waals surface area contributed by atoms with Crippen LogP contribution in [0.15, 0.2) is 12.1 Å². The number of carbonyl (C=O) groups excluding carboxylic acids is 1. The lowest BCUT2D eigenvalue weighted by atomic mass is 10.0. The Morgan fingerprint density at radius 2 is 2.12 bits per heavy atom. The number of morpholine rings is 1. The predicted molar refractivity (Wildman–Crippen MR) is 98.3 cm³/mol. The van der Waals surface area contributed by atoms with Gasteiger partial charge in [0.1, 0.15) is 0 Å². The minimum absolute atomic E-state index is 0.126. The van der Waals surface area contributed by atoms with Crippen LogP contribution in [0.3, 0.4) is 0 Å². The highest BCUT2D eigenvalue weighted by Gasteiger charge is 2.38. The first kappa shape index (κ1) is 17.4. The molecule has 2 aliphatic rings. The Kier molecular flexibility index (Phi) is 4.44. The van der Waals surface area contributed by atoms with E-state index in [-0.39, 0.29) is 18.1 Å². The van der Waals surface area contributed by atoms with Crippen LogP contribution in [-0.4, -0.2) is 63.3 Å². The second kappa shape index (κ2) is 6.63. The van der Waals surface area contributed by atoms with E-state index in [9.17, 15) is 4.79 Å². The fraction of sp³-hybridized carbons (Fsp3) is 0.632. The van der Waals surface area contributed by atoms with E-state index in [0.717, 1.165) is 37.5 Å². The molecule has 7 heteroatoms. The van der Waals surface area contributed by atoms with Gasteiger partial charge in [-0.25, -0.2) is 9.50 Å². The SMILES string of the molecule is Cc1cc(C)n2nc(C(=O)N[C@@H]3C[C@H]4CO[C@@H](C(C)C)CN4C3)cc2n1. The number of carbonyl (C=O) groups is 1. The van der Waals surface area contributed by atoms with Crippen LogP contribution in [0.1, 0.15) is 42.1 Å². The largest absolute Gasteiger partial charge is 0.375 e. The lowest BCUT2D eigenvalue weighted by Gasteiger charge is -2.36. The summed E-state index contributed by atoms with van der Waals surface area (Å²) in [5, 5.41) is 7.58. The summed E-state index contributed by atoms with van der Waals surface area (Å²) < 4.78 is 7.70. The number of hydrogen-bond acceptors (Lipinski definition) is 5. The van der Waals surface area contributed by atoms with Crippen LogP contribution < -0.4 is 5.32 Å². The van der Waals surface area contributed by atoms with Gasteiger partial charge in [0.2, 0.25) is 0 Å². The molecule has 0 bridgehead atoms. The molecule has 4 rings (SSSR count). The molecule has 7 nitrogen and oxygen atoms in total. The fourth-order valence-electron chi connectivity index (χ4n) is 4.06. The lowest BCUT2D eigenvalue weighted by Crippen LogP contribution is -2.48. The Labute approximate surface area is 153 Å². The molecule has 140 valence electrons. The van der Waals surface area contributed by atoms with Crippen molar-refractivity contribution in [3.8, 4) is 0 Å². The molecular formula is C19H27N5O2. The van der Waals surface area contributed by atoms with Gasteiger partial charge in [0.05, 0.1) is 12.7 Å². The summed E-state index contributed by atoms with van der Waals surface area (Å²) in [5.41, 5.74) is 3.03. The van der Waals surface area contributed by atoms with Crippen molar-refractivity contribution < 1.29 is 9.53 Å². The third-order valence-electron chi connectivity index (χ3n) is 5.49. The third kappa shape index (κ3) is 3.21. The van der Waals surface area contributed by atoms with Crippen molar-refractivity contribution in [2.24, 2.45) is 5.92 Å². The molecule has 26 heavy (non-hydrogen) atoms. The summed E-state index contributed by atoms with van der Waals surface area (Å²) >= 11 is 0. The quantitative estimate of drug-likeness (QED) is 0.903. The van der Waals surface area contributed by atoms with E-state index in [4.69, 9.17) is 4.74 Å². The molecule has 1 amide bonds. The number of rotatable bonds is 3. The number of fused-ring (bicyclic) bond motifs is 2. The first-order chi connectivity index (χ1) is 12.4. The van der Waals surface area contributed by atoms with Crippen molar-refractivity contribution in [1.82, 2.24) is 24.8 Å². The van der Waals surface area contributed by atoms with Crippen LogP contribution in [0, 0.1) is 19.8 Å². The summed E-state index contributed by atoms with van der Waals surface area (Å²) in [6.07, 6.45) is 1.22. The van der Waals surface area contributed by atoms with Gasteiger partial charge < -0.3 is 10.1 Å². The first-order valence-electron chi connectivity index (χ1n) is 9.41. The zero-order chi connectivity index (χ0) is 18.4. The molecule has 0 radical (unpaired) electrons. The molecule has 2 saturated heterocycles. The molecule has 2 fully saturated rings. The molecule has 0 aliphatic carbocycles. The molecule has 0 saturated carbocycles. The Hall–Kier alpha value is -1.99. The Bertz CT molecular complexity index is 831. The molecule has 2 aliphatic heterocycles. The molecule has 0 unspecified atom stereocenters. The van der Waals surface area contributed by atoms with Crippen LogP contribution in [0.4, 0.5) is 0 Å². The van der Waals surface area contributed by atoms with Crippen molar-refractivity contribution in [2.75, 3.05) is 19.7 Å². The molecule has 0 spiro atoms. The van der Waals surface area contributed by atoms with Crippen molar-refractivity contribution in [3.05, 3.63) is 29.2 Å². The van der Waals surface area contributed by atoms with Crippen LogP contribution >= 0.6 is 0 Å². The summed E-state index contributed by atoms with van der Waals surface area (Å²) in [5.74, 6) is 0.389. The Morgan fingerprint density at radius 1 is 1.31 bits per heavy atom. The summed E-state index contributed by atoms with van der Waals surface area (Å²) in [6, 6.07) is 4.27. The van der Waals surface area contributed by atoms with Gasteiger partial charge in [-0.3, -0.25) is 9.69 Å². The van der Waals surface area contributed by atoms with Crippen LogP contribution in [0.5, 0.6) is 0 Å². The van der Waals surface area contributed by atoms with Crippen molar-refractivity contribution in [2.45, 2.75) is 52.3 Å². The van der Waals surface area contributed by atoms with Crippen LogP contribution in [0.25, 0.3) is 5.65 Å². The lowest BCUT2D eigenvalue weighted by molar-refractivity contribution is -0.0683. The molecule has 0 aromatic carbocycles. The number of ether oxygens (including phenoxy) is 1. The Balaban J connectivity index is 1.44. The van der Waals surface area contributed by atoms with E-state index in [1.807, 2.05) is 19.9 Å². The molecular weight excluding hydrogens is 330 g/mol. The van der Waals surface area contributed by atoms with E-state index in [1.165, 1.54) is 0 Å². The molecule has 4 heterocycles. The van der Waals surface area contributed by atoms with Crippen molar-refractivity contribution in [1.29, 1.82) is 0 Å². The monoisotopic (exact) mass is 357 g/mol. The van der Waals surface area contributed by atoms with Gasteiger partial charge in [-0.15, -0.1) is 0 Å². The maximum Gasteiger partial charge on any atom is 0.272 e. The standard InChI is InChI=1S/C19H27N5O2/c1-11(2)17-9-23-8-14(6-15(23)10-26-17)21-19(25)16-7-18-20-12(3)5-13(4)24(18)22-16/h5,7,11,14-15,17H,6,8-10H2,1-4H3,(H,21,25)/t14-,15+,17-/m1/s1. The molecule has 2 aromatic rings. The van der Waals surface area contributed by atoms with Gasteiger partial charge in [0.25, 0.3) is 5.91 Å². The van der Waals surface area contributed by atoms with E-state index in [2.05, 4.69) is 34.1 Å². The van der Waals surface area contributed by atoms with Crippen molar-refractivity contribution in [3.63, 3.8) is 0 Å². The minimum Gasteiger partial charge on any atom is -0.375 e. The highest BCUT2D eigenvalue weighted by atomic mass is 16.5. The number of nitrogens with one attached hydrogen (secondary N) is 1. The average molecular weight is 357 g/mol. The van der Waals surface area contributed by atoms with E-state index < -0.39 is 0 Å². The highest BCUT2D eigenvalue weighted by Crippen LogP contribution is 2.26. The normalized spacial score (nSPS) is 26.4. The summed E-state index contributed by atoms with van der Waals surface area (Å²) in [7, 11) is 0. The second-order valence-corrected chi connectivity index (χ2v) is 7.97. The Morgan fingerprint density at radius 3 is 2.88 bits per heavy atom. The first-order valence-corrected chi connectivity index (χ1v) is 9.41. The number of amides is 1. The van der Waals surface area contributed by atoms with Gasteiger partial charge in [0.15, 0.2) is 11.3 Å². The highest BCUT2D eigenvalue weighted by molar-refractivity contribution is 5.93. The van der Waals surface area contributed by atoms with Gasteiger partial charge >= 0.3 is 0 Å².